The second-order valence-electron chi connectivity index (χ2n) is 2.96. The van der Waals surface area contributed by atoms with E-state index in [0.29, 0.717) is 0 Å². The molecule has 12 heavy (non-hydrogen) atoms. The fourth-order valence-electron chi connectivity index (χ4n) is 1.30. The molecule has 1 unspecified atom stereocenters. The molecule has 0 aliphatic carbocycles. The topological polar surface area (TPSA) is 12.0 Å². The minimum absolute atomic E-state index is 0.0429. The highest BCUT2D eigenvalue weighted by atomic mass is 32.2. The van der Waals surface area contributed by atoms with E-state index in [9.17, 15) is 0 Å². The van der Waals surface area contributed by atoms with Gasteiger partial charge in [0, 0.05) is 6.20 Å². The molecule has 0 fully saturated rings. The van der Waals surface area contributed by atoms with Crippen molar-refractivity contribution in [2.45, 2.75) is 11.8 Å². The molecule has 0 aromatic heterocycles. The average molecular weight is 177 g/mol. The summed E-state index contributed by atoms with van der Waals surface area (Å²) in [5.41, 5.74) is 1.32. The van der Waals surface area contributed by atoms with Gasteiger partial charge in [-0.25, -0.2) is 0 Å². The van der Waals surface area contributed by atoms with Crippen LogP contribution in [0.4, 0.5) is 0 Å². The Balaban J connectivity index is 2.31. The fourth-order valence-corrected chi connectivity index (χ4v) is 2.12. The van der Waals surface area contributed by atoms with E-state index in [1.54, 1.807) is 11.8 Å². The molecule has 2 rings (SSSR count). The maximum absolute atomic E-state index is 3.33. The molecule has 1 aromatic carbocycles. The second-order valence-corrected chi connectivity index (χ2v) is 4.29. The smallest absolute Gasteiger partial charge is 0.110 e. The zero-order valence-electron chi connectivity index (χ0n) is 6.95. The van der Waals surface area contributed by atoms with E-state index in [2.05, 4.69) is 41.9 Å². The fraction of sp³-hybridized carbons (Fsp3) is 0.200. The van der Waals surface area contributed by atoms with E-state index >= 15 is 0 Å². The molecule has 2 heteroatoms. The quantitative estimate of drug-likeness (QED) is 0.707. The van der Waals surface area contributed by atoms with Crippen LogP contribution in [0.15, 0.2) is 41.9 Å². The molecular formula is C10H11NS. The number of hydrogen-bond acceptors (Lipinski definition) is 2. The summed E-state index contributed by atoms with van der Waals surface area (Å²) in [5, 5.41) is 5.42. The summed E-state index contributed by atoms with van der Waals surface area (Å²) in [5.74, 6) is 0. The Morgan fingerprint density at radius 3 is 2.58 bits per heavy atom. The lowest BCUT2D eigenvalue weighted by molar-refractivity contribution is 0.632. The maximum Gasteiger partial charge on any atom is 0.110 e. The standard InChI is InChI=1S/C10H11NS/c1-10(11-7-8-12-10)9-5-3-2-4-6-9/h2-8,11H,1H3. The molecule has 0 radical (unpaired) electrons. The van der Waals surface area contributed by atoms with Gasteiger partial charge in [0.2, 0.25) is 0 Å². The van der Waals surface area contributed by atoms with Crippen molar-refractivity contribution < 1.29 is 0 Å². The molecule has 0 bridgehead atoms. The van der Waals surface area contributed by atoms with Crippen molar-refractivity contribution in [3.8, 4) is 0 Å². The van der Waals surface area contributed by atoms with Crippen LogP contribution in [0.3, 0.4) is 0 Å². The first-order chi connectivity index (χ1) is 5.81. The average Bonchev–Trinajstić information content (AvgIpc) is 2.55. The number of nitrogens with one attached hydrogen (secondary N) is 1. The Bertz CT molecular complexity index is 284. The molecule has 1 aromatic rings. The molecule has 62 valence electrons. The Labute approximate surface area is 76.9 Å². The number of benzene rings is 1. The third-order valence-corrected chi connectivity index (χ3v) is 3.15. The van der Waals surface area contributed by atoms with E-state index in [4.69, 9.17) is 0 Å². The summed E-state index contributed by atoms with van der Waals surface area (Å²) in [6.07, 6.45) is 2.00. The first-order valence-electron chi connectivity index (χ1n) is 3.97. The van der Waals surface area contributed by atoms with Crippen LogP contribution in [0.2, 0.25) is 0 Å². The Kier molecular flexibility index (Phi) is 1.85. The van der Waals surface area contributed by atoms with Crippen LogP contribution < -0.4 is 5.32 Å². The van der Waals surface area contributed by atoms with E-state index in [0.717, 1.165) is 0 Å². The van der Waals surface area contributed by atoms with Crippen molar-refractivity contribution in [2.24, 2.45) is 0 Å². The molecule has 1 nitrogen and oxygen atoms in total. The van der Waals surface area contributed by atoms with Gasteiger partial charge in [-0.2, -0.15) is 0 Å². The number of thioether (sulfide) groups is 1. The summed E-state index contributed by atoms with van der Waals surface area (Å²) in [4.78, 5) is 0.0429. The first-order valence-corrected chi connectivity index (χ1v) is 4.85. The van der Waals surface area contributed by atoms with Gasteiger partial charge in [0.1, 0.15) is 4.87 Å². The van der Waals surface area contributed by atoms with Crippen LogP contribution in [-0.4, -0.2) is 0 Å². The van der Waals surface area contributed by atoms with Gasteiger partial charge in [0.25, 0.3) is 0 Å². The highest BCUT2D eigenvalue weighted by molar-refractivity contribution is 8.03. The zero-order chi connectivity index (χ0) is 8.44. The molecule has 0 saturated carbocycles. The lowest BCUT2D eigenvalue weighted by Gasteiger charge is -2.24. The second kappa shape index (κ2) is 2.87. The number of rotatable bonds is 1. The molecule has 0 saturated heterocycles. The van der Waals surface area contributed by atoms with E-state index in [1.807, 2.05) is 12.3 Å². The van der Waals surface area contributed by atoms with Crippen molar-refractivity contribution in [1.82, 2.24) is 5.32 Å². The summed E-state index contributed by atoms with van der Waals surface area (Å²) in [6.45, 7) is 2.19. The minimum atomic E-state index is 0.0429. The summed E-state index contributed by atoms with van der Waals surface area (Å²) >= 11 is 1.81. The Morgan fingerprint density at radius 1 is 1.25 bits per heavy atom. The van der Waals surface area contributed by atoms with Gasteiger partial charge in [-0.3, -0.25) is 0 Å². The van der Waals surface area contributed by atoms with Gasteiger partial charge in [-0.15, -0.1) is 0 Å². The predicted molar refractivity (Wildman–Crippen MR) is 53.7 cm³/mol. The Hall–Kier alpha value is -0.890. The largest absolute Gasteiger partial charge is 0.373 e. The van der Waals surface area contributed by atoms with Gasteiger partial charge in [-0.1, -0.05) is 42.1 Å². The van der Waals surface area contributed by atoms with Crippen molar-refractivity contribution in [3.05, 3.63) is 47.5 Å². The van der Waals surface area contributed by atoms with Crippen LogP contribution in [-0.2, 0) is 4.87 Å². The maximum atomic E-state index is 3.33. The third-order valence-electron chi connectivity index (χ3n) is 2.06. The number of hydrogen-bond donors (Lipinski definition) is 1. The minimum Gasteiger partial charge on any atom is -0.373 e. The summed E-state index contributed by atoms with van der Waals surface area (Å²) < 4.78 is 0. The van der Waals surface area contributed by atoms with E-state index in [-0.39, 0.29) is 4.87 Å². The summed E-state index contributed by atoms with van der Waals surface area (Å²) in [7, 11) is 0. The van der Waals surface area contributed by atoms with Crippen LogP contribution in [0.5, 0.6) is 0 Å². The zero-order valence-corrected chi connectivity index (χ0v) is 7.77. The van der Waals surface area contributed by atoms with Crippen LogP contribution in [0.1, 0.15) is 12.5 Å². The van der Waals surface area contributed by atoms with Gasteiger partial charge >= 0.3 is 0 Å². The van der Waals surface area contributed by atoms with Crippen molar-refractivity contribution in [2.75, 3.05) is 0 Å². The van der Waals surface area contributed by atoms with E-state index in [1.165, 1.54) is 5.56 Å². The third kappa shape index (κ3) is 1.23. The van der Waals surface area contributed by atoms with Gasteiger partial charge in [-0.05, 0) is 17.9 Å². The van der Waals surface area contributed by atoms with Crippen LogP contribution in [0.25, 0.3) is 0 Å². The molecule has 0 amide bonds. The lowest BCUT2D eigenvalue weighted by atomic mass is 10.1. The molecule has 1 heterocycles. The van der Waals surface area contributed by atoms with Gasteiger partial charge in [0.05, 0.1) is 0 Å². The summed E-state index contributed by atoms with van der Waals surface area (Å²) in [6, 6.07) is 10.5. The Morgan fingerprint density at radius 2 is 2.00 bits per heavy atom. The van der Waals surface area contributed by atoms with Crippen molar-refractivity contribution >= 4 is 11.8 Å². The predicted octanol–water partition coefficient (Wildman–Crippen LogP) is 2.67. The lowest BCUT2D eigenvalue weighted by Crippen LogP contribution is -2.28. The monoisotopic (exact) mass is 177 g/mol. The van der Waals surface area contributed by atoms with Crippen molar-refractivity contribution in [3.63, 3.8) is 0 Å². The van der Waals surface area contributed by atoms with Crippen molar-refractivity contribution in [1.29, 1.82) is 0 Å². The molecule has 1 atom stereocenters. The molecule has 1 N–H and O–H groups in total. The van der Waals surface area contributed by atoms with E-state index < -0.39 is 0 Å². The molecule has 0 spiro atoms. The molecule has 1 aliphatic rings. The van der Waals surface area contributed by atoms with Gasteiger partial charge < -0.3 is 5.32 Å². The first kappa shape index (κ1) is 7.74. The molecule has 1 aliphatic heterocycles. The van der Waals surface area contributed by atoms with Gasteiger partial charge in [0.15, 0.2) is 0 Å². The SMILES string of the molecule is CC1(c2ccccc2)NC=CS1. The van der Waals surface area contributed by atoms with Crippen LogP contribution >= 0.6 is 11.8 Å². The van der Waals surface area contributed by atoms with Crippen LogP contribution in [0, 0.1) is 0 Å². The highest BCUT2D eigenvalue weighted by Gasteiger charge is 2.27. The highest BCUT2D eigenvalue weighted by Crippen LogP contribution is 2.37. The normalized spacial score (nSPS) is 27.1. The molecular weight excluding hydrogens is 166 g/mol.